The van der Waals surface area contributed by atoms with Gasteiger partial charge < -0.3 is 19.5 Å². The van der Waals surface area contributed by atoms with E-state index < -0.39 is 5.60 Å². The molecule has 1 aromatic carbocycles. The maximum Gasteiger partial charge on any atom is 0.165 e. The summed E-state index contributed by atoms with van der Waals surface area (Å²) in [6, 6.07) is 4.28. The molecule has 1 aromatic rings. The number of ether oxygens (including phenoxy) is 2. The number of fused-ring (bicyclic) bond motifs is 2. The van der Waals surface area contributed by atoms with Crippen molar-refractivity contribution in [2.45, 2.75) is 62.2 Å². The summed E-state index contributed by atoms with van der Waals surface area (Å²) < 4.78 is 12.8. The fourth-order valence-corrected chi connectivity index (χ4v) is 8.15. The molecule has 4 bridgehead atoms. The number of carbonyl (C=O) groups excluding carboxylic acids is 1. The van der Waals surface area contributed by atoms with Gasteiger partial charge in [0.05, 0.1) is 5.92 Å². The average molecular weight is 369 g/mol. The zero-order chi connectivity index (χ0) is 18.8. The highest BCUT2D eigenvalue weighted by Gasteiger charge is 2.80. The van der Waals surface area contributed by atoms with Gasteiger partial charge in [-0.1, -0.05) is 6.07 Å². The molecule has 4 fully saturated rings. The monoisotopic (exact) mass is 369 g/mol. The Morgan fingerprint density at radius 2 is 2.15 bits per heavy atom. The topological polar surface area (TPSA) is 59.0 Å². The molecular formula is C22H27NO4. The largest absolute Gasteiger partial charge is 0.504 e. The fraction of sp³-hybridized carbons (Fsp3) is 0.682. The van der Waals surface area contributed by atoms with E-state index >= 15 is 0 Å². The molecule has 0 aromatic heterocycles. The molecule has 2 heterocycles. The number of hydrogen-bond acceptors (Lipinski definition) is 5. The Kier molecular flexibility index (Phi) is 2.84. The van der Waals surface area contributed by atoms with E-state index in [0.717, 1.165) is 38.6 Å². The van der Waals surface area contributed by atoms with Gasteiger partial charge in [0.2, 0.25) is 0 Å². The number of ketones is 1. The van der Waals surface area contributed by atoms with Crippen molar-refractivity contribution in [3.63, 3.8) is 0 Å². The molecule has 27 heavy (non-hydrogen) atoms. The lowest BCUT2D eigenvalue weighted by atomic mass is 9.34. The molecule has 2 unspecified atom stereocenters. The lowest BCUT2D eigenvalue weighted by molar-refractivity contribution is -0.270. The lowest BCUT2D eigenvalue weighted by Gasteiger charge is -2.73. The summed E-state index contributed by atoms with van der Waals surface area (Å²) in [6.45, 7) is 2.73. The van der Waals surface area contributed by atoms with E-state index in [1.54, 1.807) is 20.1 Å². The molecule has 6 atom stereocenters. The van der Waals surface area contributed by atoms with Crippen LogP contribution in [0.5, 0.6) is 11.5 Å². The number of aromatic hydroxyl groups is 1. The Morgan fingerprint density at radius 1 is 1.33 bits per heavy atom. The minimum absolute atomic E-state index is 0.0212. The van der Waals surface area contributed by atoms with Gasteiger partial charge in [-0.25, -0.2) is 0 Å². The molecule has 144 valence electrons. The van der Waals surface area contributed by atoms with Crippen molar-refractivity contribution in [1.29, 1.82) is 0 Å². The molecule has 2 aliphatic heterocycles. The minimum atomic E-state index is -0.589. The normalized spacial score (nSPS) is 46.1. The molecule has 0 radical (unpaired) electrons. The highest BCUT2D eigenvalue weighted by atomic mass is 16.6. The van der Waals surface area contributed by atoms with Crippen LogP contribution in [0.15, 0.2) is 12.1 Å². The number of Topliss-reactive ketones (excluding diaryl/α,β-unsaturated/α-hetero) is 1. The molecule has 5 nitrogen and oxygen atoms in total. The number of carbonyl (C=O) groups is 1. The van der Waals surface area contributed by atoms with Crippen LogP contribution in [0.1, 0.15) is 43.7 Å². The Hall–Kier alpha value is -1.59. The van der Waals surface area contributed by atoms with E-state index in [4.69, 9.17) is 9.47 Å². The Morgan fingerprint density at radius 3 is 2.89 bits per heavy atom. The number of likely N-dealkylation sites (tertiary alicyclic amines) is 1. The molecule has 7 rings (SSSR count). The number of phenols is 1. The highest BCUT2D eigenvalue weighted by molar-refractivity contribution is 5.81. The van der Waals surface area contributed by atoms with E-state index in [2.05, 4.69) is 18.0 Å². The first-order chi connectivity index (χ1) is 12.9. The number of benzene rings is 1. The third-order valence-corrected chi connectivity index (χ3v) is 9.12. The van der Waals surface area contributed by atoms with Gasteiger partial charge in [-0.3, -0.25) is 4.79 Å². The molecule has 4 aliphatic carbocycles. The standard InChI is InChI=1S/C22H27NO4/c1-12(24)14-11-20-6-7-22(14,26-3)19-21(20)8-9-23(2)16(20)10-13-4-5-15(25)18(27-19)17(13)21/h4-5,14,16,19,25H,6-11H2,1-3H3/t14-,16?,19-,20-,21?,22-/m1/s1. The second-order valence-corrected chi connectivity index (χ2v) is 9.55. The summed E-state index contributed by atoms with van der Waals surface area (Å²) in [5, 5.41) is 10.6. The van der Waals surface area contributed by atoms with Crippen molar-refractivity contribution < 1.29 is 19.4 Å². The van der Waals surface area contributed by atoms with Gasteiger partial charge in [-0.05, 0) is 64.3 Å². The first kappa shape index (κ1) is 16.4. The van der Waals surface area contributed by atoms with Gasteiger partial charge in [-0.15, -0.1) is 0 Å². The number of piperidine rings is 1. The van der Waals surface area contributed by atoms with Gasteiger partial charge in [-0.2, -0.15) is 0 Å². The summed E-state index contributed by atoms with van der Waals surface area (Å²) in [5.41, 5.74) is 1.83. The highest BCUT2D eigenvalue weighted by Crippen LogP contribution is 2.76. The van der Waals surface area contributed by atoms with Crippen molar-refractivity contribution in [1.82, 2.24) is 4.90 Å². The molecule has 2 spiro atoms. The van der Waals surface area contributed by atoms with Crippen LogP contribution < -0.4 is 4.74 Å². The van der Waals surface area contributed by atoms with Crippen molar-refractivity contribution in [3.8, 4) is 11.5 Å². The van der Waals surface area contributed by atoms with Crippen molar-refractivity contribution in [2.24, 2.45) is 11.3 Å². The molecule has 1 N–H and O–H groups in total. The zero-order valence-corrected chi connectivity index (χ0v) is 16.2. The van der Waals surface area contributed by atoms with Gasteiger partial charge in [0.15, 0.2) is 11.5 Å². The fourth-order valence-electron chi connectivity index (χ4n) is 8.15. The third kappa shape index (κ3) is 1.47. The van der Waals surface area contributed by atoms with Gasteiger partial charge in [0.1, 0.15) is 17.5 Å². The van der Waals surface area contributed by atoms with Crippen LogP contribution in [0.4, 0.5) is 0 Å². The Balaban J connectivity index is 1.70. The molecule has 3 saturated carbocycles. The summed E-state index contributed by atoms with van der Waals surface area (Å²) in [7, 11) is 3.98. The second-order valence-electron chi connectivity index (χ2n) is 9.55. The van der Waals surface area contributed by atoms with Crippen LogP contribution in [0.2, 0.25) is 0 Å². The van der Waals surface area contributed by atoms with Crippen molar-refractivity contribution in [3.05, 3.63) is 23.3 Å². The van der Waals surface area contributed by atoms with E-state index in [1.807, 2.05) is 0 Å². The first-order valence-electron chi connectivity index (χ1n) is 10.2. The van der Waals surface area contributed by atoms with Gasteiger partial charge in [0.25, 0.3) is 0 Å². The molecule has 5 heteroatoms. The van der Waals surface area contributed by atoms with Crippen LogP contribution in [0.3, 0.4) is 0 Å². The van der Waals surface area contributed by atoms with Crippen LogP contribution in [0, 0.1) is 11.3 Å². The summed E-state index contributed by atoms with van der Waals surface area (Å²) in [6.07, 6.45) is 4.58. The Bertz CT molecular complexity index is 883. The van der Waals surface area contributed by atoms with E-state index in [9.17, 15) is 9.90 Å². The number of phenolic OH excluding ortho intramolecular Hbond substituents is 1. The first-order valence-corrected chi connectivity index (χ1v) is 10.2. The SMILES string of the molecule is CO[C@]12CC[C@@]3(C[C@@H]1C(C)=O)C1Cc4ccc(O)c5c4C3(CCN1C)[C@H]2O5. The quantitative estimate of drug-likeness (QED) is 0.868. The number of nitrogens with zero attached hydrogens (tertiary/aromatic N) is 1. The molecule has 0 amide bonds. The van der Waals surface area contributed by atoms with Crippen LogP contribution >= 0.6 is 0 Å². The number of methoxy groups -OCH3 is 1. The summed E-state index contributed by atoms with van der Waals surface area (Å²) >= 11 is 0. The summed E-state index contributed by atoms with van der Waals surface area (Å²) in [5.74, 6) is 0.968. The molecule has 6 aliphatic rings. The third-order valence-electron chi connectivity index (χ3n) is 9.12. The van der Waals surface area contributed by atoms with E-state index in [1.165, 1.54) is 11.1 Å². The number of likely N-dealkylation sites (N-methyl/N-ethyl adjacent to an activating group) is 1. The summed E-state index contributed by atoms with van der Waals surface area (Å²) in [4.78, 5) is 15.3. The second kappa shape index (κ2) is 4.69. The van der Waals surface area contributed by atoms with Crippen LogP contribution in [0.25, 0.3) is 0 Å². The maximum absolute atomic E-state index is 12.8. The van der Waals surface area contributed by atoms with Gasteiger partial charge >= 0.3 is 0 Å². The zero-order valence-electron chi connectivity index (χ0n) is 16.2. The van der Waals surface area contributed by atoms with Crippen LogP contribution in [-0.4, -0.2) is 54.2 Å². The van der Waals surface area contributed by atoms with Crippen molar-refractivity contribution >= 4 is 5.78 Å². The van der Waals surface area contributed by atoms with Gasteiger partial charge in [0, 0.05) is 29.5 Å². The minimum Gasteiger partial charge on any atom is -0.504 e. The Labute approximate surface area is 159 Å². The predicted molar refractivity (Wildman–Crippen MR) is 99.1 cm³/mol. The number of rotatable bonds is 2. The maximum atomic E-state index is 12.8. The number of hydrogen-bond donors (Lipinski definition) is 1. The van der Waals surface area contributed by atoms with E-state index in [0.29, 0.717) is 11.8 Å². The van der Waals surface area contributed by atoms with Crippen LogP contribution in [-0.2, 0) is 21.4 Å². The molecular weight excluding hydrogens is 342 g/mol. The smallest absolute Gasteiger partial charge is 0.165 e. The predicted octanol–water partition coefficient (Wildman–Crippen LogP) is 2.43. The van der Waals surface area contributed by atoms with E-state index in [-0.39, 0.29) is 34.4 Å². The molecule has 1 saturated heterocycles. The average Bonchev–Trinajstić information content (AvgIpc) is 3.03. The lowest BCUT2D eigenvalue weighted by Crippen LogP contribution is -2.81. The van der Waals surface area contributed by atoms with Crippen molar-refractivity contribution in [2.75, 3.05) is 20.7 Å².